The zero-order valence-corrected chi connectivity index (χ0v) is 19.0. The maximum absolute atomic E-state index is 13.9. The van der Waals surface area contributed by atoms with Crippen LogP contribution in [0.1, 0.15) is 12.1 Å². The van der Waals surface area contributed by atoms with Gasteiger partial charge in [0.25, 0.3) is 0 Å². The Bertz CT molecular complexity index is 750. The second kappa shape index (κ2) is 12.6. The van der Waals surface area contributed by atoms with Crippen molar-refractivity contribution in [1.29, 1.82) is 0 Å². The molecule has 6 nitrogen and oxygen atoms in total. The molecule has 8 heteroatoms. The number of nitrogens with two attached hydrogens (primary N) is 1. The second-order valence-electron chi connectivity index (χ2n) is 6.90. The lowest BCUT2D eigenvalue weighted by molar-refractivity contribution is 0.256. The van der Waals surface area contributed by atoms with Crippen molar-refractivity contribution in [3.8, 4) is 0 Å². The fourth-order valence-corrected chi connectivity index (χ4v) is 3.33. The zero-order chi connectivity index (χ0) is 19.6. The smallest absolute Gasteiger partial charge is 0.188 e. The topological polar surface area (TPSA) is 69.8 Å². The Morgan fingerprint density at radius 1 is 1.10 bits per heavy atom. The summed E-state index contributed by atoms with van der Waals surface area (Å²) in [5.74, 6) is 0.344. The Hall–Kier alpha value is -1.94. The van der Waals surface area contributed by atoms with Crippen LogP contribution in [-0.2, 0) is 6.42 Å². The van der Waals surface area contributed by atoms with Gasteiger partial charge in [-0.15, -0.1) is 24.0 Å². The molecule has 3 rings (SSSR count). The van der Waals surface area contributed by atoms with Crippen LogP contribution in [-0.4, -0.2) is 61.7 Å². The van der Waals surface area contributed by atoms with E-state index in [1.165, 1.54) is 6.07 Å². The van der Waals surface area contributed by atoms with Gasteiger partial charge in [-0.05, 0) is 30.7 Å². The highest BCUT2D eigenvalue weighted by Crippen LogP contribution is 2.20. The molecule has 158 valence electrons. The van der Waals surface area contributed by atoms with Gasteiger partial charge in [-0.25, -0.2) is 4.39 Å². The molecular weight excluding hydrogens is 482 g/mol. The van der Waals surface area contributed by atoms with Gasteiger partial charge in [0.1, 0.15) is 5.82 Å². The lowest BCUT2D eigenvalue weighted by Crippen LogP contribution is -2.47. The van der Waals surface area contributed by atoms with Crippen LogP contribution in [0, 0.1) is 5.82 Å². The second-order valence-corrected chi connectivity index (χ2v) is 6.90. The minimum absolute atomic E-state index is 0. The number of para-hydroxylation sites is 1. The summed E-state index contributed by atoms with van der Waals surface area (Å²) in [6.07, 6.45) is 3.58. The van der Waals surface area contributed by atoms with E-state index in [2.05, 4.69) is 25.1 Å². The number of hydrogen-bond acceptors (Lipinski definition) is 4. The monoisotopic (exact) mass is 512 g/mol. The molecule has 0 unspecified atom stereocenters. The highest BCUT2D eigenvalue weighted by molar-refractivity contribution is 14.0. The molecule has 1 fully saturated rings. The molecule has 3 N–H and O–H groups in total. The fraction of sp³-hybridized carbons (Fsp3) is 0.429. The first-order valence-corrected chi connectivity index (χ1v) is 9.88. The van der Waals surface area contributed by atoms with Crippen molar-refractivity contribution < 1.29 is 4.39 Å². The molecule has 1 aromatic carbocycles. The van der Waals surface area contributed by atoms with E-state index in [0.717, 1.165) is 57.8 Å². The van der Waals surface area contributed by atoms with Crippen LogP contribution in [0.25, 0.3) is 0 Å². The summed E-state index contributed by atoms with van der Waals surface area (Å²) < 4.78 is 13.9. The Labute approximate surface area is 189 Å². The highest BCUT2D eigenvalue weighted by Gasteiger charge is 2.18. The van der Waals surface area contributed by atoms with E-state index >= 15 is 0 Å². The average Bonchev–Trinajstić information content (AvgIpc) is 2.73. The Balaban J connectivity index is 0.00000300. The van der Waals surface area contributed by atoms with Gasteiger partial charge in [0.05, 0.1) is 5.69 Å². The van der Waals surface area contributed by atoms with Gasteiger partial charge in [0, 0.05) is 64.1 Å². The number of nitrogens with zero attached hydrogens (tertiary/aromatic N) is 4. The predicted molar refractivity (Wildman–Crippen MR) is 128 cm³/mol. The largest absolute Gasteiger partial charge is 0.370 e. The number of nitrogens with one attached hydrogen (secondary N) is 1. The average molecular weight is 512 g/mol. The molecule has 0 spiro atoms. The van der Waals surface area contributed by atoms with Crippen molar-refractivity contribution in [2.75, 3.05) is 50.7 Å². The van der Waals surface area contributed by atoms with E-state index in [9.17, 15) is 4.39 Å². The summed E-state index contributed by atoms with van der Waals surface area (Å²) in [6, 6.07) is 12.9. The number of anilines is 1. The zero-order valence-electron chi connectivity index (χ0n) is 16.6. The van der Waals surface area contributed by atoms with Gasteiger partial charge in [-0.2, -0.15) is 0 Å². The number of pyridine rings is 1. The van der Waals surface area contributed by atoms with Crippen LogP contribution < -0.4 is 16.0 Å². The number of aliphatic imine (C=N–C) groups is 1. The van der Waals surface area contributed by atoms with Crippen molar-refractivity contribution in [3.63, 3.8) is 0 Å². The first kappa shape index (κ1) is 23.3. The van der Waals surface area contributed by atoms with Gasteiger partial charge in [-0.3, -0.25) is 14.9 Å². The maximum Gasteiger partial charge on any atom is 0.188 e. The van der Waals surface area contributed by atoms with Crippen LogP contribution in [0.15, 0.2) is 53.7 Å². The van der Waals surface area contributed by atoms with Crippen LogP contribution in [0.4, 0.5) is 10.1 Å². The first-order chi connectivity index (χ1) is 13.7. The van der Waals surface area contributed by atoms with E-state index in [0.29, 0.717) is 18.2 Å². The van der Waals surface area contributed by atoms with Gasteiger partial charge < -0.3 is 16.0 Å². The summed E-state index contributed by atoms with van der Waals surface area (Å²) in [7, 11) is 0. The molecule has 1 saturated heterocycles. The summed E-state index contributed by atoms with van der Waals surface area (Å²) in [6.45, 7) is 5.99. The minimum Gasteiger partial charge on any atom is -0.370 e. The van der Waals surface area contributed by atoms with Gasteiger partial charge in [-0.1, -0.05) is 18.2 Å². The molecule has 0 aliphatic carbocycles. The van der Waals surface area contributed by atoms with E-state index in [1.807, 2.05) is 30.3 Å². The number of aromatic nitrogens is 1. The third-order valence-electron chi connectivity index (χ3n) is 4.89. The minimum atomic E-state index is -0.142. The van der Waals surface area contributed by atoms with Crippen LogP contribution >= 0.6 is 24.0 Å². The number of rotatable bonds is 8. The molecule has 2 heterocycles. The number of piperazine rings is 1. The van der Waals surface area contributed by atoms with Gasteiger partial charge in [0.2, 0.25) is 0 Å². The van der Waals surface area contributed by atoms with Crippen molar-refractivity contribution >= 4 is 35.6 Å². The van der Waals surface area contributed by atoms with Crippen LogP contribution in [0.5, 0.6) is 0 Å². The summed E-state index contributed by atoms with van der Waals surface area (Å²) >= 11 is 0. The molecule has 0 bridgehead atoms. The molecule has 0 amide bonds. The Kier molecular flexibility index (Phi) is 10.1. The molecule has 0 atom stereocenters. The number of benzene rings is 1. The number of halogens is 2. The van der Waals surface area contributed by atoms with Crippen molar-refractivity contribution in [2.24, 2.45) is 10.7 Å². The Morgan fingerprint density at radius 2 is 1.86 bits per heavy atom. The molecule has 1 aliphatic rings. The third kappa shape index (κ3) is 7.77. The molecule has 0 saturated carbocycles. The summed E-state index contributed by atoms with van der Waals surface area (Å²) in [5.41, 5.74) is 7.66. The van der Waals surface area contributed by atoms with Crippen LogP contribution in [0.2, 0.25) is 0 Å². The first-order valence-electron chi connectivity index (χ1n) is 9.88. The van der Waals surface area contributed by atoms with E-state index < -0.39 is 0 Å². The SMILES string of the molecule is I.NC(=NCCCN1CCN(c2ccccc2F)CC1)NCCc1ccccn1. The summed E-state index contributed by atoms with van der Waals surface area (Å²) in [5, 5.41) is 3.13. The quantitative estimate of drug-likeness (QED) is 0.246. The van der Waals surface area contributed by atoms with Crippen molar-refractivity contribution in [1.82, 2.24) is 15.2 Å². The highest BCUT2D eigenvalue weighted by atomic mass is 127. The van der Waals surface area contributed by atoms with E-state index in [1.54, 1.807) is 12.3 Å². The van der Waals surface area contributed by atoms with E-state index in [4.69, 9.17) is 5.73 Å². The molecule has 2 aromatic rings. The molecule has 1 aromatic heterocycles. The van der Waals surface area contributed by atoms with Gasteiger partial charge >= 0.3 is 0 Å². The number of guanidine groups is 1. The third-order valence-corrected chi connectivity index (χ3v) is 4.89. The Morgan fingerprint density at radius 3 is 2.59 bits per heavy atom. The molecule has 29 heavy (non-hydrogen) atoms. The number of hydrogen-bond donors (Lipinski definition) is 2. The van der Waals surface area contributed by atoms with Crippen molar-refractivity contribution in [2.45, 2.75) is 12.8 Å². The standard InChI is InChI=1S/C21H29FN6.HI/c22-19-7-1-2-8-20(19)28-16-14-27(15-17-28)13-5-11-25-21(23)26-12-9-18-6-3-4-10-24-18;/h1-4,6-8,10H,5,9,11-17H2,(H3,23,25,26);1H. The predicted octanol–water partition coefficient (Wildman–Crippen LogP) is 2.50. The van der Waals surface area contributed by atoms with Gasteiger partial charge in [0.15, 0.2) is 5.96 Å². The lowest BCUT2D eigenvalue weighted by Gasteiger charge is -2.36. The maximum atomic E-state index is 13.9. The van der Waals surface area contributed by atoms with Crippen molar-refractivity contribution in [3.05, 3.63) is 60.2 Å². The lowest BCUT2D eigenvalue weighted by atomic mass is 10.2. The van der Waals surface area contributed by atoms with E-state index in [-0.39, 0.29) is 29.8 Å². The fourth-order valence-electron chi connectivity index (χ4n) is 3.33. The molecule has 1 aliphatic heterocycles. The molecule has 0 radical (unpaired) electrons. The normalized spacial score (nSPS) is 15.1. The molecular formula is C21H30FIN6. The summed E-state index contributed by atoms with van der Waals surface area (Å²) in [4.78, 5) is 13.2. The van der Waals surface area contributed by atoms with Crippen LogP contribution in [0.3, 0.4) is 0 Å².